The summed E-state index contributed by atoms with van der Waals surface area (Å²) in [6, 6.07) is 6.67. The summed E-state index contributed by atoms with van der Waals surface area (Å²) >= 11 is 0. The Bertz CT molecular complexity index is 1140. The van der Waals surface area contributed by atoms with E-state index in [1.165, 1.54) is 29.2 Å². The molecule has 1 aromatic heterocycles. The highest BCUT2D eigenvalue weighted by molar-refractivity contribution is 7.90. The maximum atomic E-state index is 13.4. The SMILES string of the molecule is CS(=O)(=O)c1ccc(Cn2cc(C(=O)NCC(=O)N3CC(F)(F)C[C@H]3C#N)cn2)cc1. The number of hydrogen-bond donors (Lipinski definition) is 1. The first kappa shape index (κ1) is 22.4. The van der Waals surface area contributed by atoms with Gasteiger partial charge in [0.25, 0.3) is 11.8 Å². The fourth-order valence-electron chi connectivity index (χ4n) is 3.15. The third kappa shape index (κ3) is 5.43. The molecule has 1 fully saturated rings. The number of halogens is 2. The molecule has 0 spiro atoms. The summed E-state index contributed by atoms with van der Waals surface area (Å²) < 4.78 is 51.3. The van der Waals surface area contributed by atoms with Crippen LogP contribution in [0.5, 0.6) is 0 Å². The predicted molar refractivity (Wildman–Crippen MR) is 104 cm³/mol. The molecule has 3 rings (SSSR count). The van der Waals surface area contributed by atoms with Crippen molar-refractivity contribution < 1.29 is 26.8 Å². The van der Waals surface area contributed by atoms with Crippen LogP contribution in [-0.4, -0.2) is 66.2 Å². The van der Waals surface area contributed by atoms with E-state index in [0.29, 0.717) is 0 Å². The van der Waals surface area contributed by atoms with E-state index in [2.05, 4.69) is 10.4 Å². The molecule has 2 aromatic rings. The molecule has 0 radical (unpaired) electrons. The molecule has 2 amide bonds. The lowest BCUT2D eigenvalue weighted by Crippen LogP contribution is -2.42. The number of benzene rings is 1. The van der Waals surface area contributed by atoms with Crippen molar-refractivity contribution in [1.29, 1.82) is 5.26 Å². The van der Waals surface area contributed by atoms with Gasteiger partial charge < -0.3 is 10.2 Å². The molecule has 1 aliphatic heterocycles. The molecule has 0 aliphatic carbocycles. The van der Waals surface area contributed by atoms with Gasteiger partial charge in [-0.15, -0.1) is 0 Å². The highest BCUT2D eigenvalue weighted by atomic mass is 32.2. The summed E-state index contributed by atoms with van der Waals surface area (Å²) in [6.45, 7) is -1.09. The van der Waals surface area contributed by atoms with Crippen LogP contribution in [-0.2, 0) is 21.2 Å². The van der Waals surface area contributed by atoms with Crippen LogP contribution in [0.3, 0.4) is 0 Å². The molecule has 1 aromatic carbocycles. The fraction of sp³-hybridized carbons (Fsp3) is 0.368. The molecule has 0 saturated carbocycles. The molecule has 0 unspecified atom stereocenters. The smallest absolute Gasteiger partial charge is 0.268 e. The summed E-state index contributed by atoms with van der Waals surface area (Å²) in [5, 5.41) is 15.3. The van der Waals surface area contributed by atoms with Crippen molar-refractivity contribution in [3.05, 3.63) is 47.8 Å². The Balaban J connectivity index is 1.57. The molecule has 1 aliphatic rings. The van der Waals surface area contributed by atoms with Gasteiger partial charge in [-0.3, -0.25) is 14.3 Å². The number of nitrogens with zero attached hydrogens (tertiary/aromatic N) is 4. The number of amides is 2. The van der Waals surface area contributed by atoms with Crippen molar-refractivity contribution in [2.45, 2.75) is 29.8 Å². The number of carbonyl (C=O) groups excluding carboxylic acids is 2. The number of carbonyl (C=O) groups is 2. The molecule has 1 saturated heterocycles. The number of nitrogens with one attached hydrogen (secondary N) is 1. The zero-order valence-corrected chi connectivity index (χ0v) is 17.3. The average Bonchev–Trinajstić information content (AvgIpc) is 3.29. The summed E-state index contributed by atoms with van der Waals surface area (Å²) in [4.78, 5) is 25.4. The van der Waals surface area contributed by atoms with Gasteiger partial charge in [-0.1, -0.05) is 12.1 Å². The van der Waals surface area contributed by atoms with Crippen molar-refractivity contribution in [2.75, 3.05) is 19.3 Å². The quantitative estimate of drug-likeness (QED) is 0.693. The van der Waals surface area contributed by atoms with Gasteiger partial charge in [0.1, 0.15) is 6.04 Å². The second-order valence-electron chi connectivity index (χ2n) is 7.25. The molecule has 164 valence electrons. The van der Waals surface area contributed by atoms with E-state index in [1.54, 1.807) is 18.2 Å². The number of rotatable bonds is 6. The van der Waals surface area contributed by atoms with Crippen molar-refractivity contribution >= 4 is 21.7 Å². The first-order chi connectivity index (χ1) is 14.5. The number of likely N-dealkylation sites (tertiary alicyclic amines) is 1. The van der Waals surface area contributed by atoms with Crippen LogP contribution in [0.4, 0.5) is 8.78 Å². The normalized spacial score (nSPS) is 17.9. The van der Waals surface area contributed by atoms with E-state index in [0.717, 1.165) is 16.7 Å². The van der Waals surface area contributed by atoms with E-state index in [4.69, 9.17) is 5.26 Å². The predicted octanol–water partition coefficient (Wildman–Crippen LogP) is 0.824. The van der Waals surface area contributed by atoms with Gasteiger partial charge in [0.05, 0.1) is 42.4 Å². The maximum absolute atomic E-state index is 13.4. The topological polar surface area (TPSA) is 125 Å². The summed E-state index contributed by atoms with van der Waals surface area (Å²) in [7, 11) is -3.30. The Morgan fingerprint density at radius 3 is 2.61 bits per heavy atom. The van der Waals surface area contributed by atoms with E-state index in [-0.39, 0.29) is 17.0 Å². The van der Waals surface area contributed by atoms with Crippen LogP contribution >= 0.6 is 0 Å². The molecule has 0 bridgehead atoms. The van der Waals surface area contributed by atoms with E-state index in [1.807, 2.05) is 0 Å². The second-order valence-corrected chi connectivity index (χ2v) is 9.27. The van der Waals surface area contributed by atoms with Crippen molar-refractivity contribution in [1.82, 2.24) is 20.0 Å². The molecule has 1 N–H and O–H groups in total. The first-order valence-electron chi connectivity index (χ1n) is 9.15. The number of alkyl halides is 2. The van der Waals surface area contributed by atoms with Gasteiger partial charge in [-0.05, 0) is 17.7 Å². The standard InChI is InChI=1S/C19H19F2N5O4S/c1-31(29,30)16-4-2-13(3-5-16)10-25-11-14(8-24-25)18(28)23-9-17(27)26-12-19(20,21)6-15(26)7-22/h2-5,8,11,15H,6,9-10,12H2,1H3,(H,23,28)/t15-/m0/s1. The van der Waals surface area contributed by atoms with Crippen LogP contribution in [0.1, 0.15) is 22.3 Å². The van der Waals surface area contributed by atoms with Crippen LogP contribution in [0, 0.1) is 11.3 Å². The highest BCUT2D eigenvalue weighted by Crippen LogP contribution is 2.31. The lowest BCUT2D eigenvalue weighted by Gasteiger charge is -2.19. The molecule has 31 heavy (non-hydrogen) atoms. The minimum absolute atomic E-state index is 0.157. The average molecular weight is 451 g/mol. The first-order valence-corrected chi connectivity index (χ1v) is 11.0. The zero-order chi connectivity index (χ0) is 22.8. The number of nitriles is 1. The molecule has 2 heterocycles. The molecular formula is C19H19F2N5O4S. The summed E-state index contributed by atoms with van der Waals surface area (Å²) in [5.74, 6) is -4.51. The lowest BCUT2D eigenvalue weighted by molar-refractivity contribution is -0.131. The fourth-order valence-corrected chi connectivity index (χ4v) is 3.78. The van der Waals surface area contributed by atoms with Gasteiger partial charge in [0, 0.05) is 18.9 Å². The number of hydrogen-bond acceptors (Lipinski definition) is 6. The van der Waals surface area contributed by atoms with E-state index in [9.17, 15) is 26.8 Å². The van der Waals surface area contributed by atoms with Gasteiger partial charge >= 0.3 is 0 Å². The number of aromatic nitrogens is 2. The van der Waals surface area contributed by atoms with E-state index >= 15 is 0 Å². The van der Waals surface area contributed by atoms with Gasteiger partial charge in [-0.2, -0.15) is 10.4 Å². The lowest BCUT2D eigenvalue weighted by atomic mass is 10.2. The Morgan fingerprint density at radius 1 is 1.32 bits per heavy atom. The van der Waals surface area contributed by atoms with Gasteiger partial charge in [-0.25, -0.2) is 17.2 Å². The van der Waals surface area contributed by atoms with Crippen LogP contribution in [0.2, 0.25) is 0 Å². The largest absolute Gasteiger partial charge is 0.343 e. The van der Waals surface area contributed by atoms with Crippen LogP contribution in [0.15, 0.2) is 41.6 Å². The Hall–Kier alpha value is -3.33. The molecular weight excluding hydrogens is 432 g/mol. The Morgan fingerprint density at radius 2 is 2.00 bits per heavy atom. The van der Waals surface area contributed by atoms with Crippen LogP contribution in [0.25, 0.3) is 0 Å². The minimum atomic E-state index is -3.30. The van der Waals surface area contributed by atoms with Crippen molar-refractivity contribution in [3.63, 3.8) is 0 Å². The zero-order valence-electron chi connectivity index (χ0n) is 16.5. The number of sulfone groups is 1. The maximum Gasteiger partial charge on any atom is 0.268 e. The second kappa shape index (κ2) is 8.43. The van der Waals surface area contributed by atoms with Crippen LogP contribution < -0.4 is 5.32 Å². The third-order valence-corrected chi connectivity index (χ3v) is 5.86. The van der Waals surface area contributed by atoms with Crippen molar-refractivity contribution in [2.24, 2.45) is 0 Å². The molecule has 1 atom stereocenters. The Kier molecular flexibility index (Phi) is 6.08. The Labute approximate surface area is 177 Å². The van der Waals surface area contributed by atoms with Crippen molar-refractivity contribution in [3.8, 4) is 6.07 Å². The van der Waals surface area contributed by atoms with E-state index < -0.39 is 53.1 Å². The molecule has 12 heteroatoms. The monoisotopic (exact) mass is 451 g/mol. The summed E-state index contributed by atoms with van der Waals surface area (Å²) in [6.07, 6.45) is 3.11. The highest BCUT2D eigenvalue weighted by Gasteiger charge is 2.47. The third-order valence-electron chi connectivity index (χ3n) is 4.73. The minimum Gasteiger partial charge on any atom is -0.343 e. The van der Waals surface area contributed by atoms with Gasteiger partial charge in [0.2, 0.25) is 5.91 Å². The summed E-state index contributed by atoms with van der Waals surface area (Å²) in [5.41, 5.74) is 0.916. The van der Waals surface area contributed by atoms with Gasteiger partial charge in [0.15, 0.2) is 9.84 Å². The molecule has 9 nitrogen and oxygen atoms in total.